The van der Waals surface area contributed by atoms with Gasteiger partial charge in [-0.15, -0.1) is 28.3 Å². The molecular formula is C11H12Cl4N4O. The standard InChI is InChI=1S/C11H12Cl4N4O/c12-1-3-19(4-2-13)18-17-10-8(11(16)20)5-7(14)6-9(10)15/h5-6H,1-4H2,(H2,16,20). The lowest BCUT2D eigenvalue weighted by atomic mass is 10.2. The average molecular weight is 358 g/mol. The lowest BCUT2D eigenvalue weighted by Crippen LogP contribution is -2.21. The Balaban J connectivity index is 3.09. The number of nitrogens with zero attached hydrogens (tertiary/aromatic N) is 3. The van der Waals surface area contributed by atoms with Crippen molar-refractivity contribution in [1.82, 2.24) is 5.01 Å². The van der Waals surface area contributed by atoms with Gasteiger partial charge in [0.2, 0.25) is 0 Å². The van der Waals surface area contributed by atoms with Crippen LogP contribution in [0.25, 0.3) is 0 Å². The first-order valence-electron chi connectivity index (χ1n) is 5.57. The Kier molecular flexibility index (Phi) is 7.37. The van der Waals surface area contributed by atoms with Crippen LogP contribution in [0.15, 0.2) is 22.5 Å². The Morgan fingerprint density at radius 1 is 1.20 bits per heavy atom. The predicted octanol–water partition coefficient (Wildman–Crippen LogP) is 3.87. The van der Waals surface area contributed by atoms with Gasteiger partial charge in [0, 0.05) is 16.8 Å². The SMILES string of the molecule is NC(=O)c1cc(Cl)cc(Cl)c1N=NN(CCCl)CCCl. The molecule has 1 amide bonds. The molecule has 0 aliphatic carbocycles. The summed E-state index contributed by atoms with van der Waals surface area (Å²) in [5, 5.41) is 9.95. The second-order valence-electron chi connectivity index (χ2n) is 3.67. The van der Waals surface area contributed by atoms with Gasteiger partial charge in [0.15, 0.2) is 0 Å². The Morgan fingerprint density at radius 3 is 2.30 bits per heavy atom. The quantitative estimate of drug-likeness (QED) is 0.457. The van der Waals surface area contributed by atoms with Crippen molar-refractivity contribution in [2.45, 2.75) is 0 Å². The first-order valence-corrected chi connectivity index (χ1v) is 7.39. The summed E-state index contributed by atoms with van der Waals surface area (Å²) in [5.41, 5.74) is 5.53. The fourth-order valence-corrected chi connectivity index (χ4v) is 2.28. The Bertz CT molecular complexity index is 503. The number of alkyl halides is 2. The number of primary amides is 1. The molecule has 0 aromatic heterocycles. The number of amides is 1. The molecule has 0 radical (unpaired) electrons. The minimum atomic E-state index is -0.690. The van der Waals surface area contributed by atoms with E-state index < -0.39 is 5.91 Å². The number of rotatable bonds is 7. The average Bonchev–Trinajstić information content (AvgIpc) is 2.37. The maximum atomic E-state index is 11.4. The number of carbonyl (C=O) groups is 1. The molecule has 1 aromatic carbocycles. The summed E-state index contributed by atoms with van der Waals surface area (Å²) < 4.78 is 0. The van der Waals surface area contributed by atoms with Crippen molar-refractivity contribution in [3.63, 3.8) is 0 Å². The molecular weight excluding hydrogens is 346 g/mol. The van der Waals surface area contributed by atoms with Gasteiger partial charge in [-0.25, -0.2) is 0 Å². The smallest absolute Gasteiger partial charge is 0.251 e. The monoisotopic (exact) mass is 356 g/mol. The van der Waals surface area contributed by atoms with E-state index in [0.717, 1.165) is 0 Å². The summed E-state index contributed by atoms with van der Waals surface area (Å²) in [5.74, 6) is 0.0458. The summed E-state index contributed by atoms with van der Waals surface area (Å²) in [6.45, 7) is 0.934. The van der Waals surface area contributed by atoms with Gasteiger partial charge in [-0.1, -0.05) is 28.4 Å². The number of halogens is 4. The van der Waals surface area contributed by atoms with Crippen LogP contribution < -0.4 is 5.73 Å². The Morgan fingerprint density at radius 2 is 1.80 bits per heavy atom. The summed E-state index contributed by atoms with van der Waals surface area (Å²) in [6, 6.07) is 2.84. The number of carbonyl (C=O) groups excluding carboxylic acids is 1. The van der Waals surface area contributed by atoms with E-state index in [9.17, 15) is 4.79 Å². The fourth-order valence-electron chi connectivity index (χ4n) is 1.36. The molecule has 110 valence electrons. The van der Waals surface area contributed by atoms with Gasteiger partial charge in [-0.3, -0.25) is 9.80 Å². The van der Waals surface area contributed by atoms with Gasteiger partial charge in [-0.2, -0.15) is 0 Å². The van der Waals surface area contributed by atoms with Crippen molar-refractivity contribution in [2.24, 2.45) is 16.1 Å². The second kappa shape index (κ2) is 8.52. The van der Waals surface area contributed by atoms with E-state index in [1.807, 2.05) is 0 Å². The van der Waals surface area contributed by atoms with Crippen LogP contribution in [0.4, 0.5) is 5.69 Å². The molecule has 0 fully saturated rings. The highest BCUT2D eigenvalue weighted by Gasteiger charge is 2.14. The first kappa shape index (κ1) is 17.3. The topological polar surface area (TPSA) is 71.0 Å². The summed E-state index contributed by atoms with van der Waals surface area (Å²) >= 11 is 23.1. The third-order valence-electron chi connectivity index (χ3n) is 2.25. The van der Waals surface area contributed by atoms with E-state index in [0.29, 0.717) is 29.9 Å². The lowest BCUT2D eigenvalue weighted by Gasteiger charge is -2.14. The molecule has 0 unspecified atom stereocenters. The Hall–Kier alpha value is -0.750. The molecule has 0 atom stereocenters. The van der Waals surface area contributed by atoms with Crippen molar-refractivity contribution < 1.29 is 4.79 Å². The molecule has 2 N–H and O–H groups in total. The van der Waals surface area contributed by atoms with E-state index >= 15 is 0 Å². The number of benzene rings is 1. The van der Waals surface area contributed by atoms with Crippen LogP contribution in [0.1, 0.15) is 10.4 Å². The summed E-state index contributed by atoms with van der Waals surface area (Å²) in [7, 11) is 0. The van der Waals surface area contributed by atoms with E-state index in [2.05, 4.69) is 10.3 Å². The van der Waals surface area contributed by atoms with Crippen molar-refractivity contribution in [1.29, 1.82) is 0 Å². The Labute approximate surface area is 136 Å². The van der Waals surface area contributed by atoms with Crippen LogP contribution in [0.2, 0.25) is 10.0 Å². The third-order valence-corrected chi connectivity index (χ3v) is 3.09. The molecule has 1 aromatic rings. The number of hydrogen-bond donors (Lipinski definition) is 1. The van der Waals surface area contributed by atoms with E-state index in [4.69, 9.17) is 52.1 Å². The van der Waals surface area contributed by atoms with E-state index in [-0.39, 0.29) is 16.3 Å². The van der Waals surface area contributed by atoms with Gasteiger partial charge in [0.1, 0.15) is 5.69 Å². The highest BCUT2D eigenvalue weighted by Crippen LogP contribution is 2.32. The number of nitrogens with two attached hydrogens (primary N) is 1. The van der Waals surface area contributed by atoms with Crippen molar-refractivity contribution in [3.05, 3.63) is 27.7 Å². The molecule has 0 bridgehead atoms. The van der Waals surface area contributed by atoms with Crippen LogP contribution in [-0.4, -0.2) is 35.8 Å². The highest BCUT2D eigenvalue weighted by molar-refractivity contribution is 6.37. The van der Waals surface area contributed by atoms with Crippen LogP contribution in [0.3, 0.4) is 0 Å². The van der Waals surface area contributed by atoms with Gasteiger partial charge in [0.05, 0.1) is 23.7 Å². The third kappa shape index (κ3) is 4.98. The van der Waals surface area contributed by atoms with Crippen molar-refractivity contribution in [2.75, 3.05) is 24.8 Å². The maximum absolute atomic E-state index is 11.4. The summed E-state index contributed by atoms with van der Waals surface area (Å²) in [6.07, 6.45) is 0. The van der Waals surface area contributed by atoms with E-state index in [1.165, 1.54) is 12.1 Å². The van der Waals surface area contributed by atoms with Crippen LogP contribution >= 0.6 is 46.4 Å². The molecule has 20 heavy (non-hydrogen) atoms. The van der Waals surface area contributed by atoms with Gasteiger partial charge >= 0.3 is 0 Å². The fraction of sp³-hybridized carbons (Fsp3) is 0.364. The molecule has 0 aliphatic heterocycles. The first-order chi connectivity index (χ1) is 9.49. The predicted molar refractivity (Wildman–Crippen MR) is 82.5 cm³/mol. The normalized spacial score (nSPS) is 11.0. The second-order valence-corrected chi connectivity index (χ2v) is 5.27. The van der Waals surface area contributed by atoms with E-state index in [1.54, 1.807) is 5.01 Å². The highest BCUT2D eigenvalue weighted by atomic mass is 35.5. The van der Waals surface area contributed by atoms with Crippen molar-refractivity contribution >= 4 is 58.0 Å². The van der Waals surface area contributed by atoms with Gasteiger partial charge in [-0.05, 0) is 12.1 Å². The molecule has 0 heterocycles. The minimum Gasteiger partial charge on any atom is -0.366 e. The van der Waals surface area contributed by atoms with Crippen molar-refractivity contribution in [3.8, 4) is 0 Å². The molecule has 0 spiro atoms. The number of hydrogen-bond acceptors (Lipinski definition) is 3. The molecule has 0 aliphatic rings. The molecule has 9 heteroatoms. The largest absolute Gasteiger partial charge is 0.366 e. The molecule has 0 saturated heterocycles. The molecule has 5 nitrogen and oxygen atoms in total. The molecule has 0 saturated carbocycles. The van der Waals surface area contributed by atoms with Gasteiger partial charge < -0.3 is 5.73 Å². The van der Waals surface area contributed by atoms with Crippen LogP contribution in [0, 0.1) is 0 Å². The zero-order valence-electron chi connectivity index (χ0n) is 10.3. The van der Waals surface area contributed by atoms with Crippen LogP contribution in [0.5, 0.6) is 0 Å². The maximum Gasteiger partial charge on any atom is 0.251 e. The summed E-state index contributed by atoms with van der Waals surface area (Å²) in [4.78, 5) is 11.4. The zero-order chi connectivity index (χ0) is 15.1. The zero-order valence-corrected chi connectivity index (χ0v) is 13.3. The minimum absolute atomic E-state index is 0.1000. The van der Waals surface area contributed by atoms with Gasteiger partial charge in [0.25, 0.3) is 5.91 Å². The lowest BCUT2D eigenvalue weighted by molar-refractivity contribution is 0.100. The van der Waals surface area contributed by atoms with Crippen LogP contribution in [-0.2, 0) is 0 Å². The molecule has 1 rings (SSSR count).